The van der Waals surface area contributed by atoms with Crippen LogP contribution in [0.15, 0.2) is 85.2 Å². The first-order valence-corrected chi connectivity index (χ1v) is 10.6. The summed E-state index contributed by atoms with van der Waals surface area (Å²) in [5.41, 5.74) is 4.96. The van der Waals surface area contributed by atoms with E-state index in [2.05, 4.69) is 15.3 Å². The number of carbonyl (C=O) groups excluding carboxylic acids is 2. The van der Waals surface area contributed by atoms with Crippen LogP contribution in [0.1, 0.15) is 16.7 Å². The van der Waals surface area contributed by atoms with Gasteiger partial charge in [-0.05, 0) is 23.8 Å². The molecule has 0 saturated heterocycles. The highest BCUT2D eigenvalue weighted by molar-refractivity contribution is 6.50. The van der Waals surface area contributed by atoms with Crippen LogP contribution in [0.4, 0.5) is 0 Å². The van der Waals surface area contributed by atoms with Gasteiger partial charge in [0.15, 0.2) is 0 Å². The third kappa shape index (κ3) is 3.20. The summed E-state index contributed by atoms with van der Waals surface area (Å²) in [4.78, 5) is 32.1. The van der Waals surface area contributed by atoms with Crippen LogP contribution < -0.4 is 10.1 Å². The van der Waals surface area contributed by atoms with Crippen molar-refractivity contribution in [2.24, 2.45) is 0 Å². The third-order valence-electron chi connectivity index (χ3n) is 5.96. The Labute approximate surface area is 188 Å². The molecule has 0 atom stereocenters. The summed E-state index contributed by atoms with van der Waals surface area (Å²) < 4.78 is 5.93. The Morgan fingerprint density at radius 2 is 1.30 bits per heavy atom. The van der Waals surface area contributed by atoms with E-state index in [9.17, 15) is 9.59 Å². The van der Waals surface area contributed by atoms with Gasteiger partial charge < -0.3 is 14.7 Å². The number of aromatic nitrogens is 2. The standard InChI is InChI=1S/C27H19N3O3/c31-26-24(20-13-28-22-9-5-4-8-18(20)22)25(27(32)30-26)21-14-29-23-12-17(10-11-19(21)23)33-15-16-6-2-1-3-7-16/h1-14,28-29H,15H2,(H,30,31,32). The lowest BCUT2D eigenvalue weighted by atomic mass is 9.95. The first-order chi connectivity index (χ1) is 16.2. The number of aromatic amines is 2. The van der Waals surface area contributed by atoms with Crippen molar-refractivity contribution in [3.8, 4) is 5.75 Å². The Balaban J connectivity index is 1.42. The van der Waals surface area contributed by atoms with Gasteiger partial charge in [0.05, 0.1) is 11.1 Å². The van der Waals surface area contributed by atoms with Gasteiger partial charge in [-0.2, -0.15) is 0 Å². The molecule has 160 valence electrons. The van der Waals surface area contributed by atoms with Gasteiger partial charge in [-0.1, -0.05) is 48.5 Å². The molecule has 0 spiro atoms. The molecule has 5 aromatic rings. The average Bonchev–Trinajstić information content (AvgIpc) is 3.52. The smallest absolute Gasteiger partial charge is 0.259 e. The maximum Gasteiger partial charge on any atom is 0.259 e. The molecule has 0 radical (unpaired) electrons. The molecule has 1 aliphatic heterocycles. The molecular formula is C27H19N3O3. The van der Waals surface area contributed by atoms with Gasteiger partial charge >= 0.3 is 0 Å². The number of H-pyrrole nitrogens is 2. The molecule has 6 nitrogen and oxygen atoms in total. The number of carbonyl (C=O) groups is 2. The van der Waals surface area contributed by atoms with Gasteiger partial charge in [0, 0.05) is 51.4 Å². The zero-order valence-electron chi connectivity index (χ0n) is 17.5. The van der Waals surface area contributed by atoms with Crippen LogP contribution in [0, 0.1) is 0 Å². The van der Waals surface area contributed by atoms with Crippen molar-refractivity contribution >= 4 is 44.8 Å². The minimum atomic E-state index is -0.398. The second-order valence-corrected chi connectivity index (χ2v) is 7.97. The summed E-state index contributed by atoms with van der Waals surface area (Å²) in [5.74, 6) is -0.0694. The molecule has 1 aliphatic rings. The van der Waals surface area contributed by atoms with Crippen molar-refractivity contribution in [3.05, 3.63) is 102 Å². The maximum atomic E-state index is 12.9. The van der Waals surface area contributed by atoms with Gasteiger partial charge in [0.2, 0.25) is 0 Å². The molecule has 3 heterocycles. The van der Waals surface area contributed by atoms with E-state index in [1.807, 2.05) is 72.8 Å². The molecule has 0 saturated carbocycles. The van der Waals surface area contributed by atoms with E-state index in [4.69, 9.17) is 4.74 Å². The molecule has 2 amide bonds. The van der Waals surface area contributed by atoms with Crippen molar-refractivity contribution in [2.45, 2.75) is 6.61 Å². The second kappa shape index (κ2) is 7.53. The minimum absolute atomic E-state index is 0.369. The fourth-order valence-corrected chi connectivity index (χ4v) is 4.39. The fourth-order valence-electron chi connectivity index (χ4n) is 4.39. The predicted molar refractivity (Wildman–Crippen MR) is 127 cm³/mol. The van der Waals surface area contributed by atoms with E-state index in [1.54, 1.807) is 12.4 Å². The van der Waals surface area contributed by atoms with Crippen molar-refractivity contribution in [1.29, 1.82) is 0 Å². The average molecular weight is 433 g/mol. The Bertz CT molecular complexity index is 1570. The highest BCUT2D eigenvalue weighted by atomic mass is 16.5. The maximum absolute atomic E-state index is 12.9. The summed E-state index contributed by atoms with van der Waals surface area (Å²) >= 11 is 0. The van der Waals surface area contributed by atoms with E-state index in [0.29, 0.717) is 28.9 Å². The lowest BCUT2D eigenvalue weighted by Crippen LogP contribution is -2.22. The largest absolute Gasteiger partial charge is 0.489 e. The number of imide groups is 1. The molecule has 0 unspecified atom stereocenters. The summed E-state index contributed by atoms with van der Waals surface area (Å²) in [5, 5.41) is 4.21. The Kier molecular flexibility index (Phi) is 4.36. The van der Waals surface area contributed by atoms with Gasteiger partial charge in [-0.3, -0.25) is 14.9 Å². The van der Waals surface area contributed by atoms with Crippen LogP contribution in [-0.2, 0) is 16.2 Å². The van der Waals surface area contributed by atoms with Crippen LogP contribution in [0.3, 0.4) is 0 Å². The van der Waals surface area contributed by atoms with Gasteiger partial charge in [-0.25, -0.2) is 0 Å². The number of hydrogen-bond acceptors (Lipinski definition) is 3. The Morgan fingerprint density at radius 1 is 0.667 bits per heavy atom. The number of rotatable bonds is 5. The normalized spacial score (nSPS) is 13.8. The molecule has 6 heteroatoms. The van der Waals surface area contributed by atoms with Gasteiger partial charge in [-0.15, -0.1) is 0 Å². The number of fused-ring (bicyclic) bond motifs is 2. The van der Waals surface area contributed by atoms with Gasteiger partial charge in [0.25, 0.3) is 11.8 Å². The molecule has 2 aromatic heterocycles. The zero-order chi connectivity index (χ0) is 22.4. The molecule has 0 aliphatic carbocycles. The van der Waals surface area contributed by atoms with Crippen LogP contribution >= 0.6 is 0 Å². The lowest BCUT2D eigenvalue weighted by Gasteiger charge is -2.07. The Morgan fingerprint density at radius 3 is 2.06 bits per heavy atom. The van der Waals surface area contributed by atoms with E-state index < -0.39 is 11.8 Å². The molecular weight excluding hydrogens is 414 g/mol. The number of amides is 2. The van der Waals surface area contributed by atoms with E-state index >= 15 is 0 Å². The molecule has 33 heavy (non-hydrogen) atoms. The topological polar surface area (TPSA) is 87.0 Å². The fraction of sp³-hybridized carbons (Fsp3) is 0.0370. The summed E-state index contributed by atoms with van der Waals surface area (Å²) in [6.07, 6.45) is 3.55. The summed E-state index contributed by atoms with van der Waals surface area (Å²) in [7, 11) is 0. The molecule has 3 aromatic carbocycles. The van der Waals surface area contributed by atoms with E-state index in [-0.39, 0.29) is 0 Å². The second-order valence-electron chi connectivity index (χ2n) is 7.97. The number of benzene rings is 3. The first-order valence-electron chi connectivity index (χ1n) is 10.6. The highest BCUT2D eigenvalue weighted by Crippen LogP contribution is 2.38. The number of nitrogens with one attached hydrogen (secondary N) is 3. The SMILES string of the molecule is O=C1NC(=O)C(c2c[nH]c3cc(OCc4ccccc4)ccc23)=C1c1c[nH]c2ccccc12. The molecule has 6 rings (SSSR count). The highest BCUT2D eigenvalue weighted by Gasteiger charge is 2.34. The summed E-state index contributed by atoms with van der Waals surface area (Å²) in [6, 6.07) is 23.4. The molecule has 3 N–H and O–H groups in total. The molecule has 0 bridgehead atoms. The van der Waals surface area contributed by atoms with Crippen LogP contribution in [0.5, 0.6) is 5.75 Å². The quantitative estimate of drug-likeness (QED) is 0.348. The van der Waals surface area contributed by atoms with Crippen molar-refractivity contribution in [1.82, 2.24) is 15.3 Å². The lowest BCUT2D eigenvalue weighted by molar-refractivity contribution is -0.122. The molecule has 0 fully saturated rings. The van der Waals surface area contributed by atoms with Crippen LogP contribution in [0.25, 0.3) is 33.0 Å². The van der Waals surface area contributed by atoms with Crippen molar-refractivity contribution in [3.63, 3.8) is 0 Å². The predicted octanol–water partition coefficient (Wildman–Crippen LogP) is 4.80. The monoisotopic (exact) mass is 433 g/mol. The first kappa shape index (κ1) is 19.1. The van der Waals surface area contributed by atoms with E-state index in [0.717, 1.165) is 33.1 Å². The van der Waals surface area contributed by atoms with Crippen LogP contribution in [-0.4, -0.2) is 21.8 Å². The minimum Gasteiger partial charge on any atom is -0.489 e. The van der Waals surface area contributed by atoms with Crippen LogP contribution in [0.2, 0.25) is 0 Å². The summed E-state index contributed by atoms with van der Waals surface area (Å²) in [6.45, 7) is 0.465. The van der Waals surface area contributed by atoms with E-state index in [1.165, 1.54) is 0 Å². The number of hydrogen-bond donors (Lipinski definition) is 3. The zero-order valence-corrected chi connectivity index (χ0v) is 17.5. The Hall–Kier alpha value is -4.58. The van der Waals surface area contributed by atoms with Crippen molar-refractivity contribution < 1.29 is 14.3 Å². The third-order valence-corrected chi connectivity index (χ3v) is 5.96. The van der Waals surface area contributed by atoms with Crippen molar-refractivity contribution in [2.75, 3.05) is 0 Å². The van der Waals surface area contributed by atoms with Gasteiger partial charge in [0.1, 0.15) is 12.4 Å². The number of para-hydroxylation sites is 1. The number of ether oxygens (including phenoxy) is 1.